The van der Waals surface area contributed by atoms with Gasteiger partial charge >= 0.3 is 12.2 Å². The van der Waals surface area contributed by atoms with Crippen molar-refractivity contribution >= 4 is 17.9 Å². The second kappa shape index (κ2) is 10.9. The van der Waals surface area contributed by atoms with E-state index >= 15 is 4.39 Å². The van der Waals surface area contributed by atoms with E-state index in [1.165, 1.54) is 11.0 Å². The van der Waals surface area contributed by atoms with Crippen LogP contribution in [0.5, 0.6) is 0 Å². The Morgan fingerprint density at radius 1 is 1.17 bits per heavy atom. The first-order chi connectivity index (χ1) is 20.1. The van der Waals surface area contributed by atoms with Crippen LogP contribution in [0.4, 0.5) is 19.7 Å². The third-order valence-corrected chi connectivity index (χ3v) is 7.30. The standard InChI is InChI=1S/C30H32FN7O4/c1-30(2,3)42-29(40)37-13-4-5-26(37)27-32-16-25(34-27)20-8-6-19(7-9-20)23-11-10-21(15-24(23)31)38-18-22(41-28(38)39)17-36-14-12-33-35-36/h6-12,14-16,22,26H,4-5,13,17-18H2,1-3H3,(H,32,34)/t22-,26-/m0/s1. The molecule has 0 aliphatic carbocycles. The summed E-state index contributed by atoms with van der Waals surface area (Å²) in [6, 6.07) is 12.0. The second-order valence-corrected chi connectivity index (χ2v) is 11.5. The Bertz CT molecular complexity index is 1580. The number of anilines is 1. The molecule has 2 amide bonds. The van der Waals surface area contributed by atoms with Crippen molar-refractivity contribution in [1.29, 1.82) is 0 Å². The number of aromatic amines is 1. The third-order valence-electron chi connectivity index (χ3n) is 7.30. The summed E-state index contributed by atoms with van der Waals surface area (Å²) in [6.45, 7) is 6.84. The molecular weight excluding hydrogens is 541 g/mol. The number of carbonyl (C=O) groups excluding carboxylic acids is 2. The van der Waals surface area contributed by atoms with Crippen LogP contribution in [0.25, 0.3) is 22.4 Å². The molecule has 4 heterocycles. The lowest BCUT2D eigenvalue weighted by atomic mass is 10.0. The summed E-state index contributed by atoms with van der Waals surface area (Å²) in [5.74, 6) is 0.267. The van der Waals surface area contributed by atoms with E-state index in [0.29, 0.717) is 35.7 Å². The summed E-state index contributed by atoms with van der Waals surface area (Å²) in [5, 5.41) is 7.65. The van der Waals surface area contributed by atoms with Crippen LogP contribution in [-0.4, -0.2) is 66.8 Å². The lowest BCUT2D eigenvalue weighted by Gasteiger charge is -2.27. The van der Waals surface area contributed by atoms with Gasteiger partial charge < -0.3 is 14.5 Å². The van der Waals surface area contributed by atoms with Gasteiger partial charge in [-0.2, -0.15) is 0 Å². The van der Waals surface area contributed by atoms with Crippen molar-refractivity contribution in [2.45, 2.75) is 57.9 Å². The summed E-state index contributed by atoms with van der Waals surface area (Å²) in [7, 11) is 0. The van der Waals surface area contributed by atoms with Gasteiger partial charge in [0.25, 0.3) is 0 Å². The number of rotatable bonds is 6. The maximum Gasteiger partial charge on any atom is 0.414 e. The molecule has 2 saturated heterocycles. The second-order valence-electron chi connectivity index (χ2n) is 11.5. The zero-order valence-corrected chi connectivity index (χ0v) is 23.7. The summed E-state index contributed by atoms with van der Waals surface area (Å²) < 4.78 is 27.9. The number of aromatic nitrogens is 5. The molecule has 1 N–H and O–H groups in total. The predicted molar refractivity (Wildman–Crippen MR) is 152 cm³/mol. The lowest BCUT2D eigenvalue weighted by Crippen LogP contribution is -2.36. The summed E-state index contributed by atoms with van der Waals surface area (Å²) in [5.41, 5.74) is 2.66. The van der Waals surface area contributed by atoms with Gasteiger partial charge in [-0.1, -0.05) is 29.5 Å². The Morgan fingerprint density at radius 3 is 2.67 bits per heavy atom. The largest absolute Gasteiger partial charge is 0.444 e. The van der Waals surface area contributed by atoms with E-state index in [4.69, 9.17) is 9.47 Å². The molecule has 4 aromatic rings. The summed E-state index contributed by atoms with van der Waals surface area (Å²) in [6.07, 6.45) is 5.40. The molecule has 2 atom stereocenters. The molecule has 0 radical (unpaired) electrons. The van der Waals surface area contributed by atoms with Crippen LogP contribution >= 0.6 is 0 Å². The highest BCUT2D eigenvalue weighted by Crippen LogP contribution is 2.34. The van der Waals surface area contributed by atoms with Crippen LogP contribution in [0.3, 0.4) is 0 Å². The van der Waals surface area contributed by atoms with E-state index < -0.39 is 23.6 Å². The number of ether oxygens (including phenoxy) is 2. The van der Waals surface area contributed by atoms with Crippen LogP contribution < -0.4 is 4.90 Å². The predicted octanol–water partition coefficient (Wildman–Crippen LogP) is 5.57. The molecule has 0 saturated carbocycles. The molecular formula is C30H32FN7O4. The third kappa shape index (κ3) is 5.69. The number of hydrogen-bond acceptors (Lipinski definition) is 7. The van der Waals surface area contributed by atoms with Crippen molar-refractivity contribution < 1.29 is 23.5 Å². The number of likely N-dealkylation sites (tertiary alicyclic amines) is 1. The molecule has 2 fully saturated rings. The van der Waals surface area contributed by atoms with Crippen molar-refractivity contribution in [2.75, 3.05) is 18.0 Å². The Morgan fingerprint density at radius 2 is 1.95 bits per heavy atom. The smallest absolute Gasteiger partial charge is 0.414 e. The molecule has 2 aliphatic rings. The molecule has 2 aromatic heterocycles. The van der Waals surface area contributed by atoms with E-state index in [1.54, 1.807) is 40.3 Å². The summed E-state index contributed by atoms with van der Waals surface area (Å²) in [4.78, 5) is 36.2. The first kappa shape index (κ1) is 27.4. The van der Waals surface area contributed by atoms with E-state index in [9.17, 15) is 9.59 Å². The number of imidazole rings is 1. The molecule has 6 rings (SSSR count). The quantitative estimate of drug-likeness (QED) is 0.320. The molecule has 2 aliphatic heterocycles. The first-order valence-corrected chi connectivity index (χ1v) is 13.9. The average molecular weight is 574 g/mol. The SMILES string of the molecule is CC(C)(C)OC(=O)N1CCC[C@H]1c1ncc(-c2ccc(-c3ccc(N4C[C@H](Cn5ccnn5)OC4=O)cc3F)cc2)[nH]1. The maximum absolute atomic E-state index is 15.3. The molecule has 2 aromatic carbocycles. The number of carbonyl (C=O) groups is 2. The van der Waals surface area contributed by atoms with Crippen molar-refractivity contribution in [1.82, 2.24) is 29.9 Å². The van der Waals surface area contributed by atoms with E-state index in [2.05, 4.69) is 20.3 Å². The number of amides is 2. The minimum atomic E-state index is -0.567. The topological polar surface area (TPSA) is 118 Å². The highest BCUT2D eigenvalue weighted by atomic mass is 19.1. The molecule has 11 nitrogen and oxygen atoms in total. The lowest BCUT2D eigenvalue weighted by molar-refractivity contribution is 0.0218. The Labute approximate surface area is 242 Å². The maximum atomic E-state index is 15.3. The van der Waals surface area contributed by atoms with Gasteiger partial charge in [-0.15, -0.1) is 5.10 Å². The fourth-order valence-corrected chi connectivity index (χ4v) is 5.34. The Balaban J connectivity index is 1.13. The number of benzene rings is 2. The molecule has 0 bridgehead atoms. The number of cyclic esters (lactones) is 1. The normalized spacial score (nSPS) is 18.9. The number of nitrogens with one attached hydrogen (secondary N) is 1. The van der Waals surface area contributed by atoms with E-state index in [0.717, 1.165) is 24.1 Å². The molecule has 42 heavy (non-hydrogen) atoms. The fourth-order valence-electron chi connectivity index (χ4n) is 5.34. The Kier molecular flexibility index (Phi) is 7.13. The monoisotopic (exact) mass is 573 g/mol. The molecule has 218 valence electrons. The molecule has 0 spiro atoms. The van der Waals surface area contributed by atoms with Crippen LogP contribution in [0.1, 0.15) is 45.5 Å². The van der Waals surface area contributed by atoms with Crippen molar-refractivity contribution in [3.63, 3.8) is 0 Å². The van der Waals surface area contributed by atoms with Crippen LogP contribution in [-0.2, 0) is 16.0 Å². The van der Waals surface area contributed by atoms with Gasteiger partial charge in [0, 0.05) is 18.3 Å². The van der Waals surface area contributed by atoms with Gasteiger partial charge in [0.1, 0.15) is 23.3 Å². The van der Waals surface area contributed by atoms with Gasteiger partial charge in [0.2, 0.25) is 0 Å². The van der Waals surface area contributed by atoms with Gasteiger partial charge in [-0.25, -0.2) is 23.6 Å². The first-order valence-electron chi connectivity index (χ1n) is 13.9. The highest BCUT2D eigenvalue weighted by Gasteiger charge is 2.35. The van der Waals surface area contributed by atoms with Crippen LogP contribution in [0, 0.1) is 5.82 Å². The van der Waals surface area contributed by atoms with Gasteiger partial charge in [-0.05, 0) is 62.9 Å². The van der Waals surface area contributed by atoms with Crippen LogP contribution in [0.15, 0.2) is 61.1 Å². The highest BCUT2D eigenvalue weighted by molar-refractivity contribution is 5.90. The van der Waals surface area contributed by atoms with Crippen molar-refractivity contribution in [2.24, 2.45) is 0 Å². The van der Waals surface area contributed by atoms with Gasteiger partial charge in [0.15, 0.2) is 0 Å². The number of H-pyrrole nitrogens is 1. The number of nitrogens with zero attached hydrogens (tertiary/aromatic N) is 6. The Hall–Kier alpha value is -4.74. The zero-order valence-electron chi connectivity index (χ0n) is 23.7. The van der Waals surface area contributed by atoms with Gasteiger partial charge in [-0.3, -0.25) is 9.80 Å². The van der Waals surface area contributed by atoms with E-state index in [-0.39, 0.29) is 18.7 Å². The van der Waals surface area contributed by atoms with Gasteiger partial charge in [0.05, 0.1) is 42.9 Å². The average Bonchev–Trinajstić information content (AvgIpc) is 3.75. The zero-order chi connectivity index (χ0) is 29.4. The van der Waals surface area contributed by atoms with Crippen molar-refractivity contribution in [3.8, 4) is 22.4 Å². The molecule has 12 heteroatoms. The fraction of sp³-hybridized carbons (Fsp3) is 0.367. The van der Waals surface area contributed by atoms with Crippen molar-refractivity contribution in [3.05, 3.63) is 72.7 Å². The van der Waals surface area contributed by atoms with E-state index in [1.807, 2.05) is 45.0 Å². The number of hydrogen-bond donors (Lipinski definition) is 1. The minimum absolute atomic E-state index is 0.175. The van der Waals surface area contributed by atoms with Crippen LogP contribution in [0.2, 0.25) is 0 Å². The number of halogens is 1. The molecule has 0 unspecified atom stereocenters. The minimum Gasteiger partial charge on any atom is -0.444 e. The summed E-state index contributed by atoms with van der Waals surface area (Å²) >= 11 is 0.